The molecular weight excluding hydrogens is 212 g/mol. The molecule has 0 aromatic carbocycles. The van der Waals surface area contributed by atoms with Crippen molar-refractivity contribution in [3.05, 3.63) is 12.2 Å². The van der Waals surface area contributed by atoms with Gasteiger partial charge in [0.15, 0.2) is 0 Å². The Hall–Kier alpha value is -0.340. The van der Waals surface area contributed by atoms with Crippen molar-refractivity contribution in [2.24, 2.45) is 28.1 Å². The van der Waals surface area contributed by atoms with Crippen LogP contribution in [0.3, 0.4) is 0 Å². The van der Waals surface area contributed by atoms with Gasteiger partial charge in [-0.2, -0.15) is 0 Å². The van der Waals surface area contributed by atoms with Gasteiger partial charge in [-0.1, -0.05) is 32.9 Å². The Morgan fingerprint density at radius 3 is 2.65 bits per heavy atom. The first-order valence-corrected chi connectivity index (χ1v) is 6.89. The quantitative estimate of drug-likeness (QED) is 0.686. The zero-order valence-electron chi connectivity index (χ0n) is 11.1. The summed E-state index contributed by atoms with van der Waals surface area (Å²) in [6.07, 6.45) is 7.34. The van der Waals surface area contributed by atoms with Crippen molar-refractivity contribution >= 4 is 0 Å². The summed E-state index contributed by atoms with van der Waals surface area (Å²) in [4.78, 5) is 0. The Bertz CT molecular complexity index is 377. The van der Waals surface area contributed by atoms with E-state index in [-0.39, 0.29) is 29.0 Å². The Labute approximate surface area is 104 Å². The maximum atomic E-state index is 10.4. The van der Waals surface area contributed by atoms with Crippen molar-refractivity contribution in [2.75, 3.05) is 6.61 Å². The molecule has 0 saturated heterocycles. The van der Waals surface area contributed by atoms with E-state index in [4.69, 9.17) is 0 Å². The van der Waals surface area contributed by atoms with Crippen LogP contribution in [0.15, 0.2) is 12.2 Å². The van der Waals surface area contributed by atoms with Gasteiger partial charge in [-0.05, 0) is 36.5 Å². The molecule has 1 spiro atoms. The second-order valence-electron chi connectivity index (χ2n) is 7.17. The lowest BCUT2D eigenvalue weighted by molar-refractivity contribution is -0.00201. The predicted molar refractivity (Wildman–Crippen MR) is 67.4 cm³/mol. The van der Waals surface area contributed by atoms with E-state index in [1.807, 2.05) is 6.08 Å². The van der Waals surface area contributed by atoms with Crippen LogP contribution in [0.25, 0.3) is 0 Å². The van der Waals surface area contributed by atoms with E-state index in [1.54, 1.807) is 0 Å². The number of allylic oxidation sites excluding steroid dienone is 1. The third kappa shape index (κ3) is 1.05. The summed E-state index contributed by atoms with van der Waals surface area (Å²) in [7, 11) is 0. The molecule has 3 aliphatic carbocycles. The van der Waals surface area contributed by atoms with Crippen LogP contribution in [0.4, 0.5) is 0 Å². The zero-order chi connectivity index (χ0) is 12.5. The molecule has 0 aromatic heterocycles. The molecule has 6 atom stereocenters. The van der Waals surface area contributed by atoms with Gasteiger partial charge in [-0.3, -0.25) is 0 Å². The highest BCUT2D eigenvalue weighted by Crippen LogP contribution is 2.75. The molecular formula is C15H24O2. The maximum absolute atomic E-state index is 10.4. The Morgan fingerprint density at radius 2 is 2.00 bits per heavy atom. The predicted octanol–water partition coefficient (Wildman–Crippen LogP) is 2.36. The highest BCUT2D eigenvalue weighted by molar-refractivity contribution is 5.32. The minimum Gasteiger partial charge on any atom is -0.396 e. The Balaban J connectivity index is 2.16. The third-order valence-corrected chi connectivity index (χ3v) is 6.45. The molecule has 0 bridgehead atoms. The molecule has 0 heterocycles. The first kappa shape index (κ1) is 11.7. The van der Waals surface area contributed by atoms with Crippen molar-refractivity contribution < 1.29 is 10.2 Å². The van der Waals surface area contributed by atoms with Gasteiger partial charge in [0.05, 0.1) is 6.10 Å². The van der Waals surface area contributed by atoms with Gasteiger partial charge in [0.25, 0.3) is 0 Å². The lowest BCUT2D eigenvalue weighted by atomic mass is 9.61. The normalized spacial score (nSPS) is 60.6. The monoisotopic (exact) mass is 236 g/mol. The highest BCUT2D eigenvalue weighted by atomic mass is 16.3. The zero-order valence-corrected chi connectivity index (χ0v) is 11.1. The van der Waals surface area contributed by atoms with Gasteiger partial charge < -0.3 is 10.2 Å². The molecule has 0 radical (unpaired) electrons. The lowest BCUT2D eigenvalue weighted by Gasteiger charge is -2.43. The fraction of sp³-hybridized carbons (Fsp3) is 0.867. The van der Waals surface area contributed by atoms with Crippen LogP contribution < -0.4 is 0 Å². The summed E-state index contributed by atoms with van der Waals surface area (Å²) in [5, 5.41) is 20.2. The summed E-state index contributed by atoms with van der Waals surface area (Å²) in [6.45, 7) is 7.01. The van der Waals surface area contributed by atoms with E-state index >= 15 is 0 Å². The Kier molecular flexibility index (Phi) is 2.18. The first-order valence-electron chi connectivity index (χ1n) is 6.89. The SMILES string of the molecule is C[C@@H]1CC[C@H]2[C@@](C)(CO)C[C@]3(C)[C@@H](O)C=C[C@]123. The average Bonchev–Trinajstić information content (AvgIpc) is 2.81. The highest BCUT2D eigenvalue weighted by Gasteiger charge is 2.71. The van der Waals surface area contributed by atoms with Crippen LogP contribution in [0.5, 0.6) is 0 Å². The maximum Gasteiger partial charge on any atom is 0.0783 e. The molecule has 0 aliphatic heterocycles. The van der Waals surface area contributed by atoms with Gasteiger partial charge in [0.2, 0.25) is 0 Å². The molecule has 2 saturated carbocycles. The number of rotatable bonds is 1. The summed E-state index contributed by atoms with van der Waals surface area (Å²) >= 11 is 0. The van der Waals surface area contributed by atoms with Gasteiger partial charge in [-0.15, -0.1) is 0 Å². The van der Waals surface area contributed by atoms with Gasteiger partial charge >= 0.3 is 0 Å². The first-order chi connectivity index (χ1) is 7.91. The second-order valence-corrected chi connectivity index (χ2v) is 7.17. The van der Waals surface area contributed by atoms with Gasteiger partial charge in [0, 0.05) is 17.4 Å². The topological polar surface area (TPSA) is 40.5 Å². The minimum atomic E-state index is -0.334. The van der Waals surface area contributed by atoms with Crippen LogP contribution in [0, 0.1) is 28.1 Å². The van der Waals surface area contributed by atoms with Crippen molar-refractivity contribution in [2.45, 2.75) is 46.1 Å². The van der Waals surface area contributed by atoms with E-state index in [2.05, 4.69) is 26.8 Å². The van der Waals surface area contributed by atoms with E-state index in [9.17, 15) is 10.2 Å². The molecule has 3 rings (SSSR count). The lowest BCUT2D eigenvalue weighted by Crippen LogP contribution is -2.42. The second kappa shape index (κ2) is 3.16. The molecule has 17 heavy (non-hydrogen) atoms. The molecule has 2 heteroatoms. The number of aliphatic hydroxyl groups excluding tert-OH is 2. The van der Waals surface area contributed by atoms with Crippen molar-refractivity contribution in [3.63, 3.8) is 0 Å². The molecule has 96 valence electrons. The van der Waals surface area contributed by atoms with Crippen molar-refractivity contribution in [3.8, 4) is 0 Å². The van der Waals surface area contributed by atoms with E-state index in [0.717, 1.165) is 6.42 Å². The van der Waals surface area contributed by atoms with Gasteiger partial charge in [0.1, 0.15) is 0 Å². The molecule has 2 N–H and O–H groups in total. The van der Waals surface area contributed by atoms with Gasteiger partial charge in [-0.25, -0.2) is 0 Å². The molecule has 0 unspecified atom stereocenters. The van der Waals surface area contributed by atoms with Crippen molar-refractivity contribution in [1.82, 2.24) is 0 Å². The summed E-state index contributed by atoms with van der Waals surface area (Å²) in [5.41, 5.74) is 0.0558. The largest absolute Gasteiger partial charge is 0.396 e. The van der Waals surface area contributed by atoms with E-state index in [1.165, 1.54) is 12.8 Å². The molecule has 2 fully saturated rings. The number of hydrogen-bond donors (Lipinski definition) is 2. The summed E-state index contributed by atoms with van der Waals surface area (Å²) in [6, 6.07) is 0. The Morgan fingerprint density at radius 1 is 1.29 bits per heavy atom. The minimum absolute atomic E-state index is 0.00868. The number of hydrogen-bond acceptors (Lipinski definition) is 2. The van der Waals surface area contributed by atoms with E-state index in [0.29, 0.717) is 11.8 Å². The number of aliphatic hydroxyl groups is 2. The average molecular weight is 236 g/mol. The van der Waals surface area contributed by atoms with E-state index < -0.39 is 0 Å². The summed E-state index contributed by atoms with van der Waals surface area (Å²) in [5.74, 6) is 1.16. The fourth-order valence-corrected chi connectivity index (χ4v) is 5.70. The smallest absolute Gasteiger partial charge is 0.0783 e. The fourth-order valence-electron chi connectivity index (χ4n) is 5.70. The summed E-state index contributed by atoms with van der Waals surface area (Å²) < 4.78 is 0. The third-order valence-electron chi connectivity index (χ3n) is 6.45. The molecule has 2 nitrogen and oxygen atoms in total. The standard InChI is InChI=1S/C15H24O2/c1-10-4-5-11-13(2,9-16)8-14(3)12(17)6-7-15(10,11)14/h6-7,10-12,16-17H,4-5,8-9H2,1-3H3/t10-,11+,12+,13-,14-,15+/m1/s1. The molecule has 0 aromatic rings. The molecule has 0 amide bonds. The van der Waals surface area contributed by atoms with Crippen LogP contribution in [-0.2, 0) is 0 Å². The molecule has 3 aliphatic rings. The van der Waals surface area contributed by atoms with Crippen LogP contribution in [0.2, 0.25) is 0 Å². The van der Waals surface area contributed by atoms with Crippen molar-refractivity contribution in [1.29, 1.82) is 0 Å². The van der Waals surface area contributed by atoms with Crippen LogP contribution >= 0.6 is 0 Å². The van der Waals surface area contributed by atoms with Crippen LogP contribution in [-0.4, -0.2) is 22.9 Å². The van der Waals surface area contributed by atoms with Crippen LogP contribution in [0.1, 0.15) is 40.0 Å².